The molecule has 86 valence electrons. The van der Waals surface area contributed by atoms with E-state index < -0.39 is 0 Å². The van der Waals surface area contributed by atoms with Gasteiger partial charge in [0.15, 0.2) is 0 Å². The molecule has 1 fully saturated rings. The molecule has 1 unspecified atom stereocenters. The molecule has 0 saturated carbocycles. The fourth-order valence-corrected chi connectivity index (χ4v) is 1.39. The first-order valence-electron chi connectivity index (χ1n) is 5.44. The van der Waals surface area contributed by atoms with Gasteiger partial charge in [-0.3, -0.25) is 4.79 Å². The van der Waals surface area contributed by atoms with E-state index in [1.54, 1.807) is 0 Å². The van der Waals surface area contributed by atoms with Crippen LogP contribution in [0.1, 0.15) is 20.8 Å². The summed E-state index contributed by atoms with van der Waals surface area (Å²) in [6.45, 7) is 8.73. The highest BCUT2D eigenvalue weighted by atomic mass is 16.5. The Morgan fingerprint density at radius 1 is 1.60 bits per heavy atom. The van der Waals surface area contributed by atoms with Crippen molar-refractivity contribution < 1.29 is 9.53 Å². The fourth-order valence-electron chi connectivity index (χ4n) is 1.39. The van der Waals surface area contributed by atoms with Crippen LogP contribution in [-0.4, -0.2) is 38.3 Å². The number of hydrogen-bond acceptors (Lipinski definition) is 3. The van der Waals surface area contributed by atoms with E-state index in [2.05, 4.69) is 10.6 Å². The lowest BCUT2D eigenvalue weighted by atomic mass is 10.0. The molecule has 1 heterocycles. The molecule has 0 radical (unpaired) electrons. The van der Waals surface area contributed by atoms with Crippen LogP contribution in [0.4, 0.5) is 0 Å². The van der Waals surface area contributed by atoms with Crippen molar-refractivity contribution in [2.45, 2.75) is 26.9 Å². The molecule has 0 spiro atoms. The summed E-state index contributed by atoms with van der Waals surface area (Å²) >= 11 is 0. The molecule has 4 nitrogen and oxygen atoms in total. The Labute approximate surface area is 91.1 Å². The topological polar surface area (TPSA) is 50.4 Å². The smallest absolute Gasteiger partial charge is 0.247 e. The van der Waals surface area contributed by atoms with Crippen LogP contribution >= 0.6 is 0 Å². The van der Waals surface area contributed by atoms with Gasteiger partial charge in [-0.25, -0.2) is 0 Å². The van der Waals surface area contributed by atoms with E-state index in [1.807, 2.05) is 20.8 Å². The van der Waals surface area contributed by atoms with E-state index >= 15 is 0 Å². The Morgan fingerprint density at radius 3 is 2.73 bits per heavy atom. The Morgan fingerprint density at radius 2 is 2.27 bits per heavy atom. The van der Waals surface area contributed by atoms with Gasteiger partial charge < -0.3 is 15.4 Å². The molecule has 0 aliphatic carbocycles. The fraction of sp³-hybridized carbons (Fsp3) is 0.727. The molecule has 0 bridgehead atoms. The van der Waals surface area contributed by atoms with Gasteiger partial charge in [0, 0.05) is 31.8 Å². The summed E-state index contributed by atoms with van der Waals surface area (Å²) in [5, 5.41) is 5.99. The number of carbonyl (C=O) groups excluding carboxylic acids is 1. The first-order chi connectivity index (χ1) is 7.15. The Bertz CT molecular complexity index is 255. The van der Waals surface area contributed by atoms with Gasteiger partial charge in [-0.05, 0) is 26.3 Å². The first kappa shape index (κ1) is 12.2. The zero-order chi connectivity index (χ0) is 11.3. The quantitative estimate of drug-likeness (QED) is 0.650. The van der Waals surface area contributed by atoms with E-state index in [4.69, 9.17) is 4.74 Å². The maximum Gasteiger partial charge on any atom is 0.247 e. The summed E-state index contributed by atoms with van der Waals surface area (Å²) in [6.07, 6.45) is 0.0799. The summed E-state index contributed by atoms with van der Waals surface area (Å²) < 4.78 is 5.33. The lowest BCUT2D eigenvalue weighted by molar-refractivity contribution is -0.118. The normalized spacial score (nSPS) is 16.9. The molecule has 0 aromatic carbocycles. The van der Waals surface area contributed by atoms with Crippen LogP contribution in [0.2, 0.25) is 0 Å². The van der Waals surface area contributed by atoms with E-state index in [1.165, 1.54) is 5.57 Å². The van der Waals surface area contributed by atoms with Crippen LogP contribution in [0, 0.1) is 0 Å². The van der Waals surface area contributed by atoms with Crippen molar-refractivity contribution in [1.29, 1.82) is 0 Å². The Kier molecular flexibility index (Phi) is 4.78. The van der Waals surface area contributed by atoms with E-state index in [-0.39, 0.29) is 12.0 Å². The summed E-state index contributed by atoms with van der Waals surface area (Å²) in [5.74, 6) is 0.0260. The van der Waals surface area contributed by atoms with E-state index in [0.29, 0.717) is 13.2 Å². The van der Waals surface area contributed by atoms with Gasteiger partial charge in [0.05, 0.1) is 6.10 Å². The van der Waals surface area contributed by atoms with Gasteiger partial charge in [-0.2, -0.15) is 0 Å². The van der Waals surface area contributed by atoms with Gasteiger partial charge in [0.25, 0.3) is 0 Å². The number of rotatable bonds is 5. The van der Waals surface area contributed by atoms with Crippen LogP contribution in [-0.2, 0) is 9.53 Å². The molecule has 0 aromatic rings. The van der Waals surface area contributed by atoms with Crippen molar-refractivity contribution in [3.8, 4) is 0 Å². The molecule has 1 aliphatic rings. The first-order valence-corrected chi connectivity index (χ1v) is 5.44. The standard InChI is InChI=1S/C11H20N2O2/c1-4-15-8(2)5-13-11(14)9(3)10-6-12-7-10/h8,12H,4-7H2,1-3H3,(H,13,14). The summed E-state index contributed by atoms with van der Waals surface area (Å²) in [4.78, 5) is 11.6. The van der Waals surface area contributed by atoms with Crippen molar-refractivity contribution in [3.63, 3.8) is 0 Å². The molecule has 1 atom stereocenters. The Balaban J connectivity index is 2.29. The molecule has 4 heteroatoms. The molecule has 2 N–H and O–H groups in total. The minimum atomic E-state index is 0.0260. The zero-order valence-electron chi connectivity index (χ0n) is 9.72. The number of carbonyl (C=O) groups is 1. The highest BCUT2D eigenvalue weighted by Gasteiger charge is 2.16. The average molecular weight is 212 g/mol. The molecule has 1 aliphatic heterocycles. The third-order valence-corrected chi connectivity index (χ3v) is 2.55. The monoisotopic (exact) mass is 212 g/mol. The summed E-state index contributed by atoms with van der Waals surface area (Å²) in [7, 11) is 0. The second-order valence-corrected chi connectivity index (χ2v) is 3.81. The predicted molar refractivity (Wildman–Crippen MR) is 59.7 cm³/mol. The van der Waals surface area contributed by atoms with E-state index in [9.17, 15) is 4.79 Å². The van der Waals surface area contributed by atoms with Crippen LogP contribution in [0.15, 0.2) is 11.1 Å². The number of nitrogens with one attached hydrogen (secondary N) is 2. The van der Waals surface area contributed by atoms with Gasteiger partial charge in [0.1, 0.15) is 0 Å². The minimum absolute atomic E-state index is 0.0260. The molecule has 1 rings (SSSR count). The van der Waals surface area contributed by atoms with Crippen molar-refractivity contribution in [2.75, 3.05) is 26.2 Å². The van der Waals surface area contributed by atoms with Crippen LogP contribution in [0.5, 0.6) is 0 Å². The van der Waals surface area contributed by atoms with Gasteiger partial charge >= 0.3 is 0 Å². The van der Waals surface area contributed by atoms with Crippen LogP contribution < -0.4 is 10.6 Å². The van der Waals surface area contributed by atoms with Crippen molar-refractivity contribution in [2.24, 2.45) is 0 Å². The minimum Gasteiger partial charge on any atom is -0.377 e. The second-order valence-electron chi connectivity index (χ2n) is 3.81. The van der Waals surface area contributed by atoms with E-state index in [0.717, 1.165) is 18.7 Å². The maximum absolute atomic E-state index is 11.6. The molecule has 1 amide bonds. The molecule has 1 saturated heterocycles. The summed E-state index contributed by atoms with van der Waals surface area (Å²) in [6, 6.07) is 0. The number of amides is 1. The van der Waals surface area contributed by atoms with Crippen molar-refractivity contribution in [3.05, 3.63) is 11.1 Å². The second kappa shape index (κ2) is 5.88. The Hall–Kier alpha value is -0.870. The predicted octanol–water partition coefficient (Wildman–Crippen LogP) is 0.447. The highest BCUT2D eigenvalue weighted by Crippen LogP contribution is 2.08. The molecular formula is C11H20N2O2. The SMILES string of the molecule is CCOC(C)CNC(=O)C(C)=C1CNC1. The third kappa shape index (κ3) is 3.64. The van der Waals surface area contributed by atoms with Crippen molar-refractivity contribution >= 4 is 5.91 Å². The molecular weight excluding hydrogens is 192 g/mol. The third-order valence-electron chi connectivity index (χ3n) is 2.55. The number of ether oxygens (including phenoxy) is 1. The van der Waals surface area contributed by atoms with Crippen LogP contribution in [0.25, 0.3) is 0 Å². The summed E-state index contributed by atoms with van der Waals surface area (Å²) in [5.41, 5.74) is 2.05. The average Bonchev–Trinajstić information content (AvgIpc) is 2.11. The molecule has 0 aromatic heterocycles. The zero-order valence-corrected chi connectivity index (χ0v) is 9.72. The highest BCUT2D eigenvalue weighted by molar-refractivity contribution is 5.93. The van der Waals surface area contributed by atoms with Gasteiger partial charge in [-0.15, -0.1) is 0 Å². The van der Waals surface area contributed by atoms with Crippen LogP contribution in [0.3, 0.4) is 0 Å². The van der Waals surface area contributed by atoms with Crippen molar-refractivity contribution in [1.82, 2.24) is 10.6 Å². The maximum atomic E-state index is 11.6. The number of hydrogen-bond donors (Lipinski definition) is 2. The largest absolute Gasteiger partial charge is 0.377 e. The lowest BCUT2D eigenvalue weighted by Crippen LogP contribution is -2.39. The lowest BCUT2D eigenvalue weighted by Gasteiger charge is -2.22. The van der Waals surface area contributed by atoms with Gasteiger partial charge in [-0.1, -0.05) is 0 Å². The molecule has 15 heavy (non-hydrogen) atoms. The van der Waals surface area contributed by atoms with Gasteiger partial charge in [0.2, 0.25) is 5.91 Å².